The fourth-order valence-corrected chi connectivity index (χ4v) is 3.05. The van der Waals surface area contributed by atoms with Gasteiger partial charge in [-0.3, -0.25) is 4.79 Å². The standard InChI is InChI=1S/C20H22N2O3/c1-14-4-10-17(11-5-14)22-12-2-3-18(19(22)23)21-13-15-6-8-16(9-7-15)20(24)25/h4-11,18,21H,2-3,12-13H2,1H3,(H,24,25). The number of carbonyl (C=O) groups is 2. The van der Waals surface area contributed by atoms with Gasteiger partial charge in [0.25, 0.3) is 0 Å². The lowest BCUT2D eigenvalue weighted by molar-refractivity contribution is -0.121. The van der Waals surface area contributed by atoms with Gasteiger partial charge < -0.3 is 15.3 Å². The first kappa shape index (κ1) is 17.2. The Morgan fingerprint density at radius 1 is 1.16 bits per heavy atom. The van der Waals surface area contributed by atoms with E-state index in [1.165, 1.54) is 5.56 Å². The van der Waals surface area contributed by atoms with Gasteiger partial charge in [0.2, 0.25) is 5.91 Å². The zero-order valence-corrected chi connectivity index (χ0v) is 14.2. The maximum atomic E-state index is 12.8. The summed E-state index contributed by atoms with van der Waals surface area (Å²) in [5, 5.41) is 12.2. The van der Waals surface area contributed by atoms with E-state index >= 15 is 0 Å². The number of rotatable bonds is 5. The molecule has 130 valence electrons. The second-order valence-electron chi connectivity index (χ2n) is 6.40. The summed E-state index contributed by atoms with van der Waals surface area (Å²) in [6, 6.07) is 14.5. The molecule has 5 heteroatoms. The lowest BCUT2D eigenvalue weighted by atomic mass is 10.0. The third-order valence-corrected chi connectivity index (χ3v) is 4.54. The number of aromatic carboxylic acids is 1. The van der Waals surface area contributed by atoms with Crippen LogP contribution in [0.1, 0.15) is 34.3 Å². The molecule has 0 saturated carbocycles. The Morgan fingerprint density at radius 3 is 2.48 bits per heavy atom. The molecule has 1 aliphatic rings. The van der Waals surface area contributed by atoms with Gasteiger partial charge in [-0.25, -0.2) is 4.79 Å². The number of carbonyl (C=O) groups excluding carboxylic acids is 1. The van der Waals surface area contributed by atoms with Crippen LogP contribution in [0.25, 0.3) is 0 Å². The van der Waals surface area contributed by atoms with E-state index in [1.807, 2.05) is 36.1 Å². The molecular formula is C20H22N2O3. The quantitative estimate of drug-likeness (QED) is 0.879. The number of benzene rings is 2. The molecule has 1 heterocycles. The first-order valence-electron chi connectivity index (χ1n) is 8.48. The molecule has 1 aliphatic heterocycles. The molecule has 5 nitrogen and oxygen atoms in total. The lowest BCUT2D eigenvalue weighted by Crippen LogP contribution is -2.50. The third-order valence-electron chi connectivity index (χ3n) is 4.54. The number of amides is 1. The number of aryl methyl sites for hydroxylation is 1. The van der Waals surface area contributed by atoms with Gasteiger partial charge in [0.15, 0.2) is 0 Å². The van der Waals surface area contributed by atoms with Crippen LogP contribution in [-0.2, 0) is 11.3 Å². The van der Waals surface area contributed by atoms with E-state index in [4.69, 9.17) is 5.11 Å². The Labute approximate surface area is 147 Å². The van der Waals surface area contributed by atoms with Gasteiger partial charge in [-0.1, -0.05) is 29.8 Å². The molecule has 1 unspecified atom stereocenters. The molecule has 25 heavy (non-hydrogen) atoms. The van der Waals surface area contributed by atoms with Crippen LogP contribution in [0.4, 0.5) is 5.69 Å². The molecule has 0 radical (unpaired) electrons. The SMILES string of the molecule is Cc1ccc(N2CCCC(NCc3ccc(C(=O)O)cc3)C2=O)cc1. The minimum absolute atomic E-state index is 0.0947. The summed E-state index contributed by atoms with van der Waals surface area (Å²) in [5.41, 5.74) is 3.34. The normalized spacial score (nSPS) is 17.6. The van der Waals surface area contributed by atoms with Gasteiger partial charge in [-0.2, -0.15) is 0 Å². The summed E-state index contributed by atoms with van der Waals surface area (Å²) >= 11 is 0. The van der Waals surface area contributed by atoms with Gasteiger partial charge in [-0.05, 0) is 49.6 Å². The molecule has 2 N–H and O–H groups in total. The van der Waals surface area contributed by atoms with Crippen molar-refractivity contribution < 1.29 is 14.7 Å². The van der Waals surface area contributed by atoms with Crippen molar-refractivity contribution in [3.8, 4) is 0 Å². The number of nitrogens with zero attached hydrogens (tertiary/aromatic N) is 1. The summed E-state index contributed by atoms with van der Waals surface area (Å²) in [5.74, 6) is -0.840. The number of carboxylic acids is 1. The fraction of sp³-hybridized carbons (Fsp3) is 0.300. The minimum Gasteiger partial charge on any atom is -0.478 e. The summed E-state index contributed by atoms with van der Waals surface area (Å²) in [7, 11) is 0. The highest BCUT2D eigenvalue weighted by Crippen LogP contribution is 2.21. The highest BCUT2D eigenvalue weighted by atomic mass is 16.4. The van der Waals surface area contributed by atoms with Crippen LogP contribution in [0, 0.1) is 6.92 Å². The summed E-state index contributed by atoms with van der Waals surface area (Å²) < 4.78 is 0. The van der Waals surface area contributed by atoms with E-state index in [-0.39, 0.29) is 17.5 Å². The van der Waals surface area contributed by atoms with E-state index in [0.717, 1.165) is 30.6 Å². The van der Waals surface area contributed by atoms with Crippen molar-refractivity contribution >= 4 is 17.6 Å². The first-order chi connectivity index (χ1) is 12.0. The molecule has 1 atom stereocenters. The van der Waals surface area contributed by atoms with Gasteiger partial charge in [0, 0.05) is 18.8 Å². The minimum atomic E-state index is -0.935. The average Bonchev–Trinajstić information content (AvgIpc) is 2.62. The predicted octanol–water partition coefficient (Wildman–Crippen LogP) is 2.98. The number of carboxylic acid groups (broad SMARTS) is 1. The number of nitrogens with one attached hydrogen (secondary N) is 1. The Kier molecular flexibility index (Phi) is 5.14. The topological polar surface area (TPSA) is 69.6 Å². The summed E-state index contributed by atoms with van der Waals surface area (Å²) in [6.07, 6.45) is 1.77. The van der Waals surface area contributed by atoms with Crippen LogP contribution < -0.4 is 10.2 Å². The molecule has 0 aliphatic carbocycles. The molecule has 0 spiro atoms. The van der Waals surface area contributed by atoms with Gasteiger partial charge in [-0.15, -0.1) is 0 Å². The zero-order valence-electron chi connectivity index (χ0n) is 14.2. The highest BCUT2D eigenvalue weighted by Gasteiger charge is 2.29. The van der Waals surface area contributed by atoms with Crippen molar-refractivity contribution in [2.24, 2.45) is 0 Å². The van der Waals surface area contributed by atoms with E-state index in [2.05, 4.69) is 5.32 Å². The zero-order chi connectivity index (χ0) is 17.8. The van der Waals surface area contributed by atoms with Crippen molar-refractivity contribution in [3.05, 3.63) is 65.2 Å². The van der Waals surface area contributed by atoms with E-state index in [9.17, 15) is 9.59 Å². The van der Waals surface area contributed by atoms with Crippen molar-refractivity contribution in [2.75, 3.05) is 11.4 Å². The highest BCUT2D eigenvalue weighted by molar-refractivity contribution is 5.97. The van der Waals surface area contributed by atoms with Crippen LogP contribution in [0.2, 0.25) is 0 Å². The molecular weight excluding hydrogens is 316 g/mol. The predicted molar refractivity (Wildman–Crippen MR) is 96.8 cm³/mol. The van der Waals surface area contributed by atoms with Gasteiger partial charge >= 0.3 is 5.97 Å². The van der Waals surface area contributed by atoms with E-state index in [0.29, 0.717) is 6.54 Å². The van der Waals surface area contributed by atoms with Crippen LogP contribution in [0.15, 0.2) is 48.5 Å². The fourth-order valence-electron chi connectivity index (χ4n) is 3.05. The largest absolute Gasteiger partial charge is 0.478 e. The van der Waals surface area contributed by atoms with Gasteiger partial charge in [0.05, 0.1) is 11.6 Å². The monoisotopic (exact) mass is 338 g/mol. The smallest absolute Gasteiger partial charge is 0.335 e. The molecule has 0 bridgehead atoms. The summed E-state index contributed by atoms with van der Waals surface area (Å²) in [4.78, 5) is 25.5. The molecule has 1 saturated heterocycles. The van der Waals surface area contributed by atoms with Crippen LogP contribution in [0.3, 0.4) is 0 Å². The van der Waals surface area contributed by atoms with Gasteiger partial charge in [0.1, 0.15) is 0 Å². The third kappa shape index (κ3) is 4.06. The Bertz CT molecular complexity index is 754. The second-order valence-corrected chi connectivity index (χ2v) is 6.40. The van der Waals surface area contributed by atoms with Crippen LogP contribution >= 0.6 is 0 Å². The van der Waals surface area contributed by atoms with Crippen molar-refractivity contribution in [1.82, 2.24) is 5.32 Å². The van der Waals surface area contributed by atoms with E-state index in [1.54, 1.807) is 24.3 Å². The molecule has 0 aromatic heterocycles. The van der Waals surface area contributed by atoms with Crippen molar-refractivity contribution in [3.63, 3.8) is 0 Å². The molecule has 1 fully saturated rings. The molecule has 1 amide bonds. The van der Waals surface area contributed by atoms with E-state index < -0.39 is 5.97 Å². The van der Waals surface area contributed by atoms with Crippen LogP contribution in [-0.4, -0.2) is 29.6 Å². The Hall–Kier alpha value is -2.66. The Balaban J connectivity index is 1.63. The summed E-state index contributed by atoms with van der Waals surface area (Å²) in [6.45, 7) is 3.31. The lowest BCUT2D eigenvalue weighted by Gasteiger charge is -2.33. The maximum absolute atomic E-state index is 12.8. The first-order valence-corrected chi connectivity index (χ1v) is 8.48. The van der Waals surface area contributed by atoms with Crippen molar-refractivity contribution in [2.45, 2.75) is 32.4 Å². The molecule has 3 rings (SSSR count). The second kappa shape index (κ2) is 7.49. The number of hydrogen-bond donors (Lipinski definition) is 2. The molecule has 2 aromatic carbocycles. The average molecular weight is 338 g/mol. The number of piperidine rings is 1. The maximum Gasteiger partial charge on any atom is 0.335 e. The Morgan fingerprint density at radius 2 is 1.84 bits per heavy atom. The van der Waals surface area contributed by atoms with Crippen molar-refractivity contribution in [1.29, 1.82) is 0 Å². The molecule has 2 aromatic rings. The van der Waals surface area contributed by atoms with Crippen LogP contribution in [0.5, 0.6) is 0 Å². The number of anilines is 1. The number of hydrogen-bond acceptors (Lipinski definition) is 3.